The van der Waals surface area contributed by atoms with Crippen molar-refractivity contribution in [1.82, 2.24) is 10.2 Å². The van der Waals surface area contributed by atoms with Crippen molar-refractivity contribution in [3.63, 3.8) is 0 Å². The second-order valence-corrected chi connectivity index (χ2v) is 6.95. The molecule has 2 heterocycles. The number of hydrogen-bond acceptors (Lipinski definition) is 3. The highest BCUT2D eigenvalue weighted by Crippen LogP contribution is 2.33. The van der Waals surface area contributed by atoms with Gasteiger partial charge in [-0.15, -0.1) is 0 Å². The molecule has 2 fully saturated rings. The van der Waals surface area contributed by atoms with Gasteiger partial charge < -0.3 is 20.7 Å². The Labute approximate surface area is 148 Å². The van der Waals surface area contributed by atoms with Crippen LogP contribution in [-0.4, -0.2) is 43.1 Å². The maximum Gasteiger partial charge on any atom is 0.317 e. The summed E-state index contributed by atoms with van der Waals surface area (Å²) in [5, 5.41) is 3.06. The van der Waals surface area contributed by atoms with Crippen molar-refractivity contribution in [3.05, 3.63) is 35.9 Å². The molecule has 0 bridgehead atoms. The van der Waals surface area contributed by atoms with Gasteiger partial charge in [0.15, 0.2) is 0 Å². The summed E-state index contributed by atoms with van der Waals surface area (Å²) >= 11 is 0. The summed E-state index contributed by atoms with van der Waals surface area (Å²) in [6.07, 6.45) is 3.41. The Morgan fingerprint density at radius 1 is 1.16 bits per heavy atom. The SMILES string of the molecule is NC(=O)C1CCN(C(=O)NC[C@@H]2CCCO[C@@H]2c2ccccc2)CC1. The average molecular weight is 345 g/mol. The van der Waals surface area contributed by atoms with Crippen molar-refractivity contribution in [2.75, 3.05) is 26.2 Å². The van der Waals surface area contributed by atoms with Crippen LogP contribution in [0, 0.1) is 11.8 Å². The Bertz CT molecular complexity index is 585. The Morgan fingerprint density at radius 2 is 1.88 bits per heavy atom. The van der Waals surface area contributed by atoms with Gasteiger partial charge in [0.05, 0.1) is 6.10 Å². The van der Waals surface area contributed by atoms with Crippen molar-refractivity contribution >= 4 is 11.9 Å². The van der Waals surface area contributed by atoms with Crippen molar-refractivity contribution in [3.8, 4) is 0 Å². The number of hydrogen-bond donors (Lipinski definition) is 2. The lowest BCUT2D eigenvalue weighted by atomic mass is 9.89. The number of likely N-dealkylation sites (tertiary alicyclic amines) is 1. The molecule has 0 spiro atoms. The Morgan fingerprint density at radius 3 is 2.56 bits per heavy atom. The predicted molar refractivity (Wildman–Crippen MR) is 94.7 cm³/mol. The molecule has 3 rings (SSSR count). The lowest BCUT2D eigenvalue weighted by Crippen LogP contribution is -2.47. The number of carbonyl (C=O) groups is 2. The van der Waals surface area contributed by atoms with Crippen LogP contribution in [0.3, 0.4) is 0 Å². The molecule has 6 heteroatoms. The highest BCUT2D eigenvalue weighted by Gasteiger charge is 2.29. The van der Waals surface area contributed by atoms with Gasteiger partial charge in [0, 0.05) is 38.1 Å². The number of piperidine rings is 1. The van der Waals surface area contributed by atoms with Gasteiger partial charge in [-0.05, 0) is 31.2 Å². The van der Waals surface area contributed by atoms with Gasteiger partial charge in [-0.1, -0.05) is 30.3 Å². The van der Waals surface area contributed by atoms with E-state index >= 15 is 0 Å². The van der Waals surface area contributed by atoms with Crippen LogP contribution >= 0.6 is 0 Å². The standard InChI is InChI=1S/C19H27N3O3/c20-18(23)15-8-10-22(11-9-15)19(24)21-13-16-7-4-12-25-17(16)14-5-2-1-3-6-14/h1-3,5-6,15-17H,4,7-13H2,(H2,20,23)(H,21,24)/t16-,17+/m0/s1. The molecule has 1 aromatic rings. The summed E-state index contributed by atoms with van der Waals surface area (Å²) in [5.74, 6) is -0.0772. The van der Waals surface area contributed by atoms with E-state index in [-0.39, 0.29) is 29.9 Å². The number of nitrogens with two attached hydrogens (primary N) is 1. The second-order valence-electron chi connectivity index (χ2n) is 6.95. The fourth-order valence-corrected chi connectivity index (χ4v) is 3.76. The first-order valence-electron chi connectivity index (χ1n) is 9.14. The molecule has 2 saturated heterocycles. The van der Waals surface area contributed by atoms with E-state index in [1.165, 1.54) is 5.56 Å². The van der Waals surface area contributed by atoms with Crippen molar-refractivity contribution < 1.29 is 14.3 Å². The molecular formula is C19H27N3O3. The first-order chi connectivity index (χ1) is 12.1. The Kier molecular flexibility index (Phi) is 5.91. The van der Waals surface area contributed by atoms with Crippen molar-refractivity contribution in [2.45, 2.75) is 31.8 Å². The number of amides is 3. The molecule has 3 amide bonds. The molecule has 136 valence electrons. The summed E-state index contributed by atoms with van der Waals surface area (Å²) < 4.78 is 5.98. The molecular weight excluding hydrogens is 318 g/mol. The molecule has 6 nitrogen and oxygen atoms in total. The van der Waals surface area contributed by atoms with Crippen LogP contribution in [0.5, 0.6) is 0 Å². The molecule has 2 aliphatic rings. The molecule has 25 heavy (non-hydrogen) atoms. The van der Waals surface area contributed by atoms with Crippen LogP contribution in [0.1, 0.15) is 37.4 Å². The summed E-state index contributed by atoms with van der Waals surface area (Å²) in [4.78, 5) is 25.4. The van der Waals surface area contributed by atoms with E-state index in [0.717, 1.165) is 19.4 Å². The van der Waals surface area contributed by atoms with E-state index in [0.29, 0.717) is 32.5 Å². The third-order valence-corrected chi connectivity index (χ3v) is 5.27. The first kappa shape index (κ1) is 17.7. The minimum absolute atomic E-state index is 0.0378. The third-order valence-electron chi connectivity index (χ3n) is 5.27. The van der Waals surface area contributed by atoms with Gasteiger partial charge in [-0.25, -0.2) is 4.79 Å². The average Bonchev–Trinajstić information content (AvgIpc) is 2.67. The summed E-state index contributed by atoms with van der Waals surface area (Å²) in [5.41, 5.74) is 6.51. The molecule has 2 aliphatic heterocycles. The van der Waals surface area contributed by atoms with Gasteiger partial charge in [0.2, 0.25) is 5.91 Å². The van der Waals surface area contributed by atoms with E-state index < -0.39 is 0 Å². The van der Waals surface area contributed by atoms with Crippen LogP contribution in [0.2, 0.25) is 0 Å². The predicted octanol–water partition coefficient (Wildman–Crippen LogP) is 2.06. The van der Waals surface area contributed by atoms with E-state index in [4.69, 9.17) is 10.5 Å². The van der Waals surface area contributed by atoms with Crippen molar-refractivity contribution in [1.29, 1.82) is 0 Å². The van der Waals surface area contributed by atoms with E-state index in [2.05, 4.69) is 17.4 Å². The van der Waals surface area contributed by atoms with Crippen LogP contribution in [0.4, 0.5) is 4.79 Å². The molecule has 0 aromatic heterocycles. The van der Waals surface area contributed by atoms with Crippen LogP contribution in [0.25, 0.3) is 0 Å². The zero-order valence-electron chi connectivity index (χ0n) is 14.5. The molecule has 0 aliphatic carbocycles. The number of urea groups is 1. The highest BCUT2D eigenvalue weighted by atomic mass is 16.5. The largest absolute Gasteiger partial charge is 0.373 e. The van der Waals surface area contributed by atoms with Crippen LogP contribution in [0.15, 0.2) is 30.3 Å². The fourth-order valence-electron chi connectivity index (χ4n) is 3.76. The monoisotopic (exact) mass is 345 g/mol. The summed E-state index contributed by atoms with van der Waals surface area (Å²) in [6, 6.07) is 10.1. The summed E-state index contributed by atoms with van der Waals surface area (Å²) in [6.45, 7) is 2.55. The van der Waals surface area contributed by atoms with Gasteiger partial charge in [0.1, 0.15) is 0 Å². The first-order valence-corrected chi connectivity index (χ1v) is 9.14. The number of nitrogens with one attached hydrogen (secondary N) is 1. The van der Waals surface area contributed by atoms with E-state index in [1.807, 2.05) is 18.2 Å². The summed E-state index contributed by atoms with van der Waals surface area (Å²) in [7, 11) is 0. The molecule has 0 saturated carbocycles. The smallest absolute Gasteiger partial charge is 0.317 e. The zero-order chi connectivity index (χ0) is 17.6. The number of primary amides is 1. The highest BCUT2D eigenvalue weighted by molar-refractivity contribution is 5.78. The number of rotatable bonds is 4. The zero-order valence-corrected chi connectivity index (χ0v) is 14.5. The topological polar surface area (TPSA) is 84.7 Å². The number of carbonyl (C=O) groups excluding carboxylic acids is 2. The van der Waals surface area contributed by atoms with E-state index in [9.17, 15) is 9.59 Å². The maximum atomic E-state index is 12.4. The Hall–Kier alpha value is -2.08. The van der Waals surface area contributed by atoms with Crippen molar-refractivity contribution in [2.24, 2.45) is 17.6 Å². The number of ether oxygens (including phenoxy) is 1. The minimum atomic E-state index is -0.259. The van der Waals surface area contributed by atoms with E-state index in [1.54, 1.807) is 4.90 Å². The van der Waals surface area contributed by atoms with Gasteiger partial charge in [-0.3, -0.25) is 4.79 Å². The van der Waals surface area contributed by atoms with Crippen LogP contribution < -0.4 is 11.1 Å². The number of benzene rings is 1. The lowest BCUT2D eigenvalue weighted by molar-refractivity contribution is -0.123. The lowest BCUT2D eigenvalue weighted by Gasteiger charge is -2.34. The number of nitrogens with zero attached hydrogens (tertiary/aromatic N) is 1. The maximum absolute atomic E-state index is 12.4. The van der Waals surface area contributed by atoms with Gasteiger partial charge in [-0.2, -0.15) is 0 Å². The quantitative estimate of drug-likeness (QED) is 0.876. The molecule has 1 aromatic carbocycles. The van der Waals surface area contributed by atoms with Crippen LogP contribution in [-0.2, 0) is 9.53 Å². The molecule has 0 radical (unpaired) electrons. The molecule has 2 atom stereocenters. The fraction of sp³-hybridized carbons (Fsp3) is 0.579. The third kappa shape index (κ3) is 4.51. The molecule has 0 unspecified atom stereocenters. The van der Waals surface area contributed by atoms with Gasteiger partial charge in [0.25, 0.3) is 0 Å². The minimum Gasteiger partial charge on any atom is -0.373 e. The Balaban J connectivity index is 1.51. The normalized spacial score (nSPS) is 24.7. The van der Waals surface area contributed by atoms with Gasteiger partial charge >= 0.3 is 6.03 Å². The molecule has 3 N–H and O–H groups in total. The second kappa shape index (κ2) is 8.34.